The van der Waals surface area contributed by atoms with Gasteiger partial charge in [0, 0.05) is 30.4 Å². The van der Waals surface area contributed by atoms with Gasteiger partial charge in [0.1, 0.15) is 5.82 Å². The van der Waals surface area contributed by atoms with E-state index in [1.807, 2.05) is 13.8 Å². The van der Waals surface area contributed by atoms with Crippen LogP contribution in [0.4, 0.5) is 5.82 Å². The van der Waals surface area contributed by atoms with Gasteiger partial charge in [0.15, 0.2) is 0 Å². The number of nitrogens with zero attached hydrogens (tertiary/aromatic N) is 2. The molecule has 0 aliphatic heterocycles. The average molecular weight is 330 g/mol. The Morgan fingerprint density at radius 3 is 2.89 bits per heavy atom. The van der Waals surface area contributed by atoms with Crippen LogP contribution in [0.25, 0.3) is 0 Å². The molecule has 1 aromatic heterocycles. The van der Waals surface area contributed by atoms with Gasteiger partial charge in [-0.05, 0) is 35.3 Å². The summed E-state index contributed by atoms with van der Waals surface area (Å²) in [4.78, 5) is 18.3. The summed E-state index contributed by atoms with van der Waals surface area (Å²) in [5.41, 5.74) is 6.21. The van der Waals surface area contributed by atoms with Crippen LogP contribution < -0.4 is 5.73 Å². The van der Waals surface area contributed by atoms with Gasteiger partial charge in [-0.3, -0.25) is 4.79 Å². The third-order valence-electron chi connectivity index (χ3n) is 3.04. The predicted molar refractivity (Wildman–Crippen MR) is 79.0 cm³/mol. The van der Waals surface area contributed by atoms with Crippen LogP contribution in [0.15, 0.2) is 16.7 Å². The van der Waals surface area contributed by atoms with Gasteiger partial charge in [-0.2, -0.15) is 0 Å². The molecule has 1 unspecified atom stereocenters. The number of aromatic nitrogens is 1. The minimum atomic E-state index is -0.113. The number of methoxy groups -OCH3 is 1. The van der Waals surface area contributed by atoms with E-state index in [0.29, 0.717) is 18.7 Å². The Labute approximate surface area is 122 Å². The highest BCUT2D eigenvalue weighted by atomic mass is 79.9. The highest BCUT2D eigenvalue weighted by Gasteiger charge is 2.22. The summed E-state index contributed by atoms with van der Waals surface area (Å²) in [7, 11) is 1.62. The standard InChI is InChI=1S/C13H20BrN3O2/c1-4-9(2)17(5-6-19-3)13(18)11-7-10(14)8-16-12(11)15/h7-9H,4-6H2,1-3H3,(H2,15,16). The lowest BCUT2D eigenvalue weighted by Crippen LogP contribution is -2.40. The summed E-state index contributed by atoms with van der Waals surface area (Å²) in [6.45, 7) is 5.09. The number of ether oxygens (including phenoxy) is 1. The number of pyridine rings is 1. The first-order valence-electron chi connectivity index (χ1n) is 6.22. The number of hydrogen-bond donors (Lipinski definition) is 1. The highest BCUT2D eigenvalue weighted by molar-refractivity contribution is 9.10. The number of halogens is 1. The number of rotatable bonds is 6. The molecule has 1 amide bonds. The molecule has 0 aliphatic rings. The van der Waals surface area contributed by atoms with Crippen molar-refractivity contribution in [1.29, 1.82) is 0 Å². The topological polar surface area (TPSA) is 68.5 Å². The fraction of sp³-hybridized carbons (Fsp3) is 0.538. The van der Waals surface area contributed by atoms with Gasteiger partial charge in [-0.15, -0.1) is 0 Å². The molecule has 1 rings (SSSR count). The monoisotopic (exact) mass is 329 g/mol. The SMILES string of the molecule is CCC(C)N(CCOC)C(=O)c1cc(Br)cnc1N. The zero-order valence-electron chi connectivity index (χ0n) is 11.5. The molecule has 5 nitrogen and oxygen atoms in total. The first kappa shape index (κ1) is 15.9. The third-order valence-corrected chi connectivity index (χ3v) is 3.47. The summed E-state index contributed by atoms with van der Waals surface area (Å²) in [5.74, 6) is 0.136. The van der Waals surface area contributed by atoms with Crippen molar-refractivity contribution >= 4 is 27.7 Å². The molecule has 6 heteroatoms. The van der Waals surface area contributed by atoms with Crippen molar-refractivity contribution in [3.63, 3.8) is 0 Å². The maximum absolute atomic E-state index is 12.6. The molecule has 0 aliphatic carbocycles. The lowest BCUT2D eigenvalue weighted by atomic mass is 10.1. The first-order valence-corrected chi connectivity index (χ1v) is 7.01. The van der Waals surface area contributed by atoms with E-state index in [-0.39, 0.29) is 17.8 Å². The van der Waals surface area contributed by atoms with Crippen LogP contribution in [0.1, 0.15) is 30.6 Å². The fourth-order valence-corrected chi connectivity index (χ4v) is 2.04. The molecule has 19 heavy (non-hydrogen) atoms. The minimum Gasteiger partial charge on any atom is -0.383 e. The van der Waals surface area contributed by atoms with E-state index in [1.54, 1.807) is 24.3 Å². The summed E-state index contributed by atoms with van der Waals surface area (Å²) < 4.78 is 5.79. The van der Waals surface area contributed by atoms with Crippen LogP contribution in [-0.2, 0) is 4.74 Å². The molecule has 0 fully saturated rings. The molecule has 0 spiro atoms. The van der Waals surface area contributed by atoms with E-state index in [1.165, 1.54) is 0 Å². The Kier molecular flexibility index (Phi) is 6.24. The van der Waals surface area contributed by atoms with Crippen molar-refractivity contribution in [2.24, 2.45) is 0 Å². The van der Waals surface area contributed by atoms with Crippen molar-refractivity contribution in [2.75, 3.05) is 26.0 Å². The van der Waals surface area contributed by atoms with Crippen LogP contribution in [0.5, 0.6) is 0 Å². The van der Waals surface area contributed by atoms with Gasteiger partial charge in [-0.25, -0.2) is 4.98 Å². The van der Waals surface area contributed by atoms with E-state index >= 15 is 0 Å². The second-order valence-electron chi connectivity index (χ2n) is 4.33. The van der Waals surface area contributed by atoms with Crippen molar-refractivity contribution in [3.8, 4) is 0 Å². The number of nitrogens with two attached hydrogens (primary N) is 1. The molecule has 106 valence electrons. The van der Waals surface area contributed by atoms with Crippen molar-refractivity contribution in [2.45, 2.75) is 26.3 Å². The zero-order chi connectivity index (χ0) is 14.4. The second-order valence-corrected chi connectivity index (χ2v) is 5.25. The van der Waals surface area contributed by atoms with Crippen LogP contribution in [0.2, 0.25) is 0 Å². The van der Waals surface area contributed by atoms with Crippen molar-refractivity contribution in [3.05, 3.63) is 22.3 Å². The number of carbonyl (C=O) groups is 1. The number of amides is 1. The van der Waals surface area contributed by atoms with Gasteiger partial charge in [0.05, 0.1) is 12.2 Å². The van der Waals surface area contributed by atoms with Gasteiger partial charge >= 0.3 is 0 Å². The maximum atomic E-state index is 12.6. The minimum absolute atomic E-state index is 0.113. The molecule has 1 heterocycles. The lowest BCUT2D eigenvalue weighted by molar-refractivity contribution is 0.0614. The van der Waals surface area contributed by atoms with Crippen LogP contribution >= 0.6 is 15.9 Å². The number of nitrogen functional groups attached to an aromatic ring is 1. The molecule has 2 N–H and O–H groups in total. The van der Waals surface area contributed by atoms with Crippen molar-refractivity contribution in [1.82, 2.24) is 9.88 Å². The van der Waals surface area contributed by atoms with Gasteiger partial charge < -0.3 is 15.4 Å². The number of carbonyl (C=O) groups excluding carboxylic acids is 1. The normalized spacial score (nSPS) is 12.2. The summed E-state index contributed by atoms with van der Waals surface area (Å²) in [5, 5.41) is 0. The summed E-state index contributed by atoms with van der Waals surface area (Å²) in [6, 6.07) is 1.83. The Hall–Kier alpha value is -1.14. The molecular weight excluding hydrogens is 310 g/mol. The first-order chi connectivity index (χ1) is 9.01. The second kappa shape index (κ2) is 7.45. The predicted octanol–water partition coefficient (Wildman–Crippen LogP) is 2.31. The van der Waals surface area contributed by atoms with E-state index in [2.05, 4.69) is 20.9 Å². The van der Waals surface area contributed by atoms with Gasteiger partial charge in [-0.1, -0.05) is 6.92 Å². The maximum Gasteiger partial charge on any atom is 0.257 e. The third kappa shape index (κ3) is 4.18. The van der Waals surface area contributed by atoms with E-state index < -0.39 is 0 Å². The van der Waals surface area contributed by atoms with Gasteiger partial charge in [0.25, 0.3) is 5.91 Å². The van der Waals surface area contributed by atoms with Gasteiger partial charge in [0.2, 0.25) is 0 Å². The van der Waals surface area contributed by atoms with E-state index in [9.17, 15) is 4.79 Å². The number of anilines is 1. The fourth-order valence-electron chi connectivity index (χ4n) is 1.71. The van der Waals surface area contributed by atoms with Crippen LogP contribution in [0, 0.1) is 0 Å². The molecule has 0 aromatic carbocycles. The lowest BCUT2D eigenvalue weighted by Gasteiger charge is -2.28. The van der Waals surface area contributed by atoms with Crippen LogP contribution in [0.3, 0.4) is 0 Å². The summed E-state index contributed by atoms with van der Waals surface area (Å²) in [6.07, 6.45) is 2.45. The van der Waals surface area contributed by atoms with Crippen molar-refractivity contribution < 1.29 is 9.53 Å². The molecule has 1 atom stereocenters. The number of hydrogen-bond acceptors (Lipinski definition) is 4. The Morgan fingerprint density at radius 2 is 2.32 bits per heavy atom. The van der Waals surface area contributed by atoms with E-state index in [0.717, 1.165) is 10.9 Å². The Balaban J connectivity index is 3.00. The summed E-state index contributed by atoms with van der Waals surface area (Å²) >= 11 is 3.31. The molecule has 0 saturated heterocycles. The molecule has 0 bridgehead atoms. The van der Waals surface area contributed by atoms with Crippen LogP contribution in [-0.4, -0.2) is 42.1 Å². The quantitative estimate of drug-likeness (QED) is 0.869. The average Bonchev–Trinajstić information content (AvgIpc) is 2.41. The van der Waals surface area contributed by atoms with E-state index in [4.69, 9.17) is 10.5 Å². The highest BCUT2D eigenvalue weighted by Crippen LogP contribution is 2.19. The zero-order valence-corrected chi connectivity index (χ0v) is 13.1. The Bertz CT molecular complexity index is 440. The Morgan fingerprint density at radius 1 is 1.63 bits per heavy atom. The molecule has 0 saturated carbocycles. The largest absolute Gasteiger partial charge is 0.383 e. The molecule has 1 aromatic rings. The smallest absolute Gasteiger partial charge is 0.257 e. The molecule has 0 radical (unpaired) electrons. The molecular formula is C13H20BrN3O2.